The quantitative estimate of drug-likeness (QED) is 0.135. The molecular weight excluding hydrogens is 639 g/mol. The zero-order valence-corrected chi connectivity index (χ0v) is 27.6. The number of aliphatic hydroxyl groups excluding tert-OH is 1. The van der Waals surface area contributed by atoms with Crippen LogP contribution in [0.2, 0.25) is 10.0 Å². The molecule has 0 aromatic heterocycles. The number of carbonyl (C=O) groups is 1. The zero-order chi connectivity index (χ0) is 33.2. The van der Waals surface area contributed by atoms with Gasteiger partial charge in [0.25, 0.3) is 5.91 Å². The summed E-state index contributed by atoms with van der Waals surface area (Å²) in [6.07, 6.45) is 3.73. The van der Waals surface area contributed by atoms with Crippen LogP contribution < -0.4 is 19.5 Å². The van der Waals surface area contributed by atoms with Gasteiger partial charge in [0.05, 0.1) is 20.8 Å². The summed E-state index contributed by atoms with van der Waals surface area (Å²) in [7, 11) is 3.14. The van der Waals surface area contributed by atoms with E-state index in [-0.39, 0.29) is 31.4 Å². The Morgan fingerprint density at radius 1 is 0.979 bits per heavy atom. The first-order valence-electron chi connectivity index (χ1n) is 15.1. The third kappa shape index (κ3) is 8.08. The van der Waals surface area contributed by atoms with Crippen LogP contribution in [0.5, 0.6) is 17.2 Å². The molecule has 47 heavy (non-hydrogen) atoms. The van der Waals surface area contributed by atoms with Crippen molar-refractivity contribution in [1.29, 1.82) is 0 Å². The van der Waals surface area contributed by atoms with Gasteiger partial charge in [-0.1, -0.05) is 77.8 Å². The van der Waals surface area contributed by atoms with Gasteiger partial charge in [0.1, 0.15) is 5.75 Å². The summed E-state index contributed by atoms with van der Waals surface area (Å²) in [5, 5.41) is 13.0. The fourth-order valence-electron chi connectivity index (χ4n) is 5.27. The molecule has 244 valence electrons. The molecule has 2 atom stereocenters. The number of hydrogen-bond acceptors (Lipinski definition) is 7. The van der Waals surface area contributed by atoms with Crippen molar-refractivity contribution >= 4 is 41.1 Å². The number of ether oxygens (including phenoxy) is 4. The van der Waals surface area contributed by atoms with Gasteiger partial charge in [0.15, 0.2) is 23.1 Å². The third-order valence-corrected chi connectivity index (χ3v) is 8.28. The highest BCUT2D eigenvalue weighted by Gasteiger charge is 2.53. The molecule has 0 saturated carbocycles. The maximum atomic E-state index is 14.5. The molecule has 1 aliphatic rings. The Morgan fingerprint density at radius 2 is 1.74 bits per heavy atom. The Bertz CT molecular complexity index is 1730. The number of rotatable bonds is 14. The molecule has 1 aliphatic heterocycles. The number of benzene rings is 4. The smallest absolute Gasteiger partial charge is 0.252 e. The Labute approximate surface area is 284 Å². The maximum absolute atomic E-state index is 14.5. The van der Waals surface area contributed by atoms with Gasteiger partial charge in [-0.3, -0.25) is 4.79 Å². The van der Waals surface area contributed by atoms with E-state index in [9.17, 15) is 4.79 Å². The van der Waals surface area contributed by atoms with Crippen molar-refractivity contribution in [2.75, 3.05) is 27.4 Å². The molecule has 0 fully saturated rings. The predicted octanol–water partition coefficient (Wildman–Crippen LogP) is 7.45. The summed E-state index contributed by atoms with van der Waals surface area (Å²) in [5.74, 6) is 1.73. The van der Waals surface area contributed by atoms with Crippen molar-refractivity contribution in [1.82, 2.24) is 5.32 Å². The van der Waals surface area contributed by atoms with Crippen molar-refractivity contribution in [3.63, 3.8) is 0 Å². The Hall–Kier alpha value is -4.50. The van der Waals surface area contributed by atoms with Crippen molar-refractivity contribution in [2.24, 2.45) is 4.99 Å². The number of aliphatic imine (C=N–C) groups is 1. The number of aliphatic hydroxyl groups is 1. The highest BCUT2D eigenvalue weighted by Crippen LogP contribution is 2.45. The number of carbonyl (C=O) groups excluding carboxylic acids is 1. The highest BCUT2D eigenvalue weighted by atomic mass is 35.5. The predicted molar refractivity (Wildman–Crippen MR) is 185 cm³/mol. The minimum Gasteiger partial charge on any atom is -0.494 e. The van der Waals surface area contributed by atoms with E-state index < -0.39 is 11.6 Å². The van der Waals surface area contributed by atoms with Gasteiger partial charge in [-0.2, -0.15) is 0 Å². The van der Waals surface area contributed by atoms with E-state index >= 15 is 0 Å². The van der Waals surface area contributed by atoms with Crippen LogP contribution in [0.4, 0.5) is 0 Å². The van der Waals surface area contributed by atoms with E-state index in [0.717, 1.165) is 11.1 Å². The molecule has 1 heterocycles. The minimum atomic E-state index is -1.44. The van der Waals surface area contributed by atoms with Crippen molar-refractivity contribution in [3.05, 3.63) is 129 Å². The van der Waals surface area contributed by atoms with Gasteiger partial charge in [-0.15, -0.1) is 0 Å². The first kappa shape index (κ1) is 33.9. The highest BCUT2D eigenvalue weighted by molar-refractivity contribution is 6.35. The van der Waals surface area contributed by atoms with Crippen LogP contribution in [-0.2, 0) is 16.1 Å². The summed E-state index contributed by atoms with van der Waals surface area (Å²) >= 11 is 13.0. The molecule has 4 aromatic carbocycles. The molecular formula is C37H36Cl2N2O6. The molecule has 0 radical (unpaired) electrons. The van der Waals surface area contributed by atoms with Crippen LogP contribution in [0, 0.1) is 0 Å². The Morgan fingerprint density at radius 3 is 2.45 bits per heavy atom. The number of hydrogen-bond donors (Lipinski definition) is 2. The van der Waals surface area contributed by atoms with E-state index in [1.807, 2.05) is 66.7 Å². The number of amides is 1. The molecule has 2 N–H and O–H groups in total. The average Bonchev–Trinajstić information content (AvgIpc) is 3.48. The molecule has 0 saturated heterocycles. The van der Waals surface area contributed by atoms with Crippen LogP contribution in [0.1, 0.15) is 41.2 Å². The van der Waals surface area contributed by atoms with Crippen molar-refractivity contribution in [3.8, 4) is 17.2 Å². The normalized spacial score (nSPS) is 17.2. The largest absolute Gasteiger partial charge is 0.494 e. The zero-order valence-electron chi connectivity index (χ0n) is 26.1. The monoisotopic (exact) mass is 674 g/mol. The number of methoxy groups -OCH3 is 2. The molecule has 8 nitrogen and oxygen atoms in total. The van der Waals surface area contributed by atoms with Crippen molar-refractivity contribution < 1.29 is 28.8 Å². The first-order valence-corrected chi connectivity index (χ1v) is 15.9. The summed E-state index contributed by atoms with van der Waals surface area (Å²) in [4.78, 5) is 19.5. The molecule has 0 spiro atoms. The van der Waals surface area contributed by atoms with Crippen LogP contribution >= 0.6 is 23.2 Å². The number of nitrogens with one attached hydrogen (secondary N) is 1. The lowest BCUT2D eigenvalue weighted by Crippen LogP contribution is -2.47. The molecule has 1 amide bonds. The molecule has 5 rings (SSSR count). The number of nitrogens with zero attached hydrogens (tertiary/aromatic N) is 1. The number of halogens is 2. The first-order chi connectivity index (χ1) is 22.9. The third-order valence-electron chi connectivity index (χ3n) is 7.71. The van der Waals surface area contributed by atoms with Gasteiger partial charge in [-0.05, 0) is 59.7 Å². The Kier molecular flexibility index (Phi) is 11.4. The second-order valence-electron chi connectivity index (χ2n) is 10.8. The van der Waals surface area contributed by atoms with Gasteiger partial charge >= 0.3 is 0 Å². The minimum absolute atomic E-state index is 0.0479. The topological polar surface area (TPSA) is 98.6 Å². The summed E-state index contributed by atoms with van der Waals surface area (Å²) < 4.78 is 23.1. The van der Waals surface area contributed by atoms with Crippen LogP contribution in [-0.4, -0.2) is 49.9 Å². The van der Waals surface area contributed by atoms with Crippen LogP contribution in [0.25, 0.3) is 6.08 Å². The second-order valence-corrected chi connectivity index (χ2v) is 11.7. The lowest BCUT2D eigenvalue weighted by atomic mass is 9.84. The van der Waals surface area contributed by atoms with Gasteiger partial charge in [-0.25, -0.2) is 4.99 Å². The van der Waals surface area contributed by atoms with Crippen molar-refractivity contribution in [2.45, 2.75) is 31.0 Å². The van der Waals surface area contributed by atoms with Gasteiger partial charge in [0, 0.05) is 47.2 Å². The van der Waals surface area contributed by atoms with Crippen LogP contribution in [0.15, 0.2) is 102 Å². The molecule has 10 heteroatoms. The second kappa shape index (κ2) is 15.9. The van der Waals surface area contributed by atoms with Crippen LogP contribution in [0.3, 0.4) is 0 Å². The summed E-state index contributed by atoms with van der Waals surface area (Å²) in [5.41, 5.74) is 1.59. The Balaban J connectivity index is 1.54. The van der Waals surface area contributed by atoms with E-state index in [0.29, 0.717) is 51.4 Å². The summed E-state index contributed by atoms with van der Waals surface area (Å²) in [6.45, 7) is 0.642. The van der Waals surface area contributed by atoms with E-state index in [4.69, 9.17) is 52.2 Å². The van der Waals surface area contributed by atoms with Gasteiger partial charge in [0.2, 0.25) is 5.90 Å². The summed E-state index contributed by atoms with van der Waals surface area (Å²) in [6, 6.07) is 27.7. The molecule has 4 aromatic rings. The lowest BCUT2D eigenvalue weighted by Gasteiger charge is -2.30. The average molecular weight is 676 g/mol. The fourth-order valence-corrected chi connectivity index (χ4v) is 5.78. The van der Waals surface area contributed by atoms with E-state index in [1.54, 1.807) is 50.6 Å². The van der Waals surface area contributed by atoms with E-state index in [1.165, 1.54) is 0 Å². The standard InChI is InChI=1S/C37H36Cl2N2O6/c1-44-32-18-11-26(22-33(32)45-2)24-40-36(43)37(19-6-10-25-8-4-3-5-9-25)34(30-17-14-28(38)23-31(30)39)47-35(41-37)27-12-15-29(16-13-27)46-21-7-20-42/h3-6,8-18,22-23,34,42H,7,19-21,24H2,1-2H3,(H,40,43)/b10-6+/t34-,37-/m1/s1. The molecule has 0 aliphatic carbocycles. The van der Waals surface area contributed by atoms with E-state index in [2.05, 4.69) is 5.32 Å². The fraction of sp³-hybridized carbons (Fsp3) is 0.243. The molecule has 0 bridgehead atoms. The lowest BCUT2D eigenvalue weighted by molar-refractivity contribution is -0.129. The molecule has 0 unspecified atom stereocenters. The van der Waals surface area contributed by atoms with Gasteiger partial charge < -0.3 is 29.4 Å². The SMILES string of the molecule is COc1ccc(CNC(=O)[C@]2(C/C=C/c3ccccc3)N=C(c3ccc(OCCCO)cc3)O[C@@H]2c2ccc(Cl)cc2Cl)cc1OC. The maximum Gasteiger partial charge on any atom is 0.252 e.